The third-order valence-electron chi connectivity index (χ3n) is 4.16. The van der Waals surface area contributed by atoms with Gasteiger partial charge in [0, 0.05) is 20.1 Å². The lowest BCUT2D eigenvalue weighted by molar-refractivity contribution is -0.239. The molecule has 0 aromatic heterocycles. The molecule has 1 saturated carbocycles. The number of rotatable bonds is 7. The van der Waals surface area contributed by atoms with Gasteiger partial charge in [0.25, 0.3) is 0 Å². The van der Waals surface area contributed by atoms with Crippen LogP contribution in [0.4, 0.5) is 8.78 Å². The number of halogens is 2. The van der Waals surface area contributed by atoms with Crippen LogP contribution in [0.15, 0.2) is 30.3 Å². The topological polar surface area (TPSA) is 65.0 Å². The van der Waals surface area contributed by atoms with Crippen molar-refractivity contribution in [1.82, 2.24) is 0 Å². The highest BCUT2D eigenvalue weighted by molar-refractivity contribution is 7.48. The van der Waals surface area contributed by atoms with E-state index in [0.717, 1.165) is 14.2 Å². The second-order valence-electron chi connectivity index (χ2n) is 5.50. The number of hydrogen-bond donors (Lipinski definition) is 1. The molecule has 1 aliphatic rings. The lowest BCUT2D eigenvalue weighted by atomic mass is 9.97. The Hall–Kier alpha value is -0.850. The van der Waals surface area contributed by atoms with Crippen LogP contribution in [0.3, 0.4) is 0 Å². The van der Waals surface area contributed by atoms with Gasteiger partial charge in [-0.05, 0) is 12.0 Å². The van der Waals surface area contributed by atoms with Gasteiger partial charge >= 0.3 is 13.9 Å². The second-order valence-corrected chi connectivity index (χ2v) is 7.31. The Morgan fingerprint density at radius 1 is 1.32 bits per heavy atom. The van der Waals surface area contributed by atoms with Crippen LogP contribution in [0.2, 0.25) is 0 Å². The van der Waals surface area contributed by atoms with Crippen molar-refractivity contribution in [3.05, 3.63) is 35.9 Å². The van der Waals surface area contributed by atoms with Gasteiger partial charge in [-0.25, -0.2) is 9.09 Å². The molecule has 8 heteroatoms. The minimum absolute atomic E-state index is 0.0312. The van der Waals surface area contributed by atoms with E-state index in [4.69, 9.17) is 0 Å². The molecule has 0 unspecified atom stereocenters. The molecule has 124 valence electrons. The van der Waals surface area contributed by atoms with Gasteiger partial charge in [0.05, 0.1) is 11.5 Å². The quantitative estimate of drug-likeness (QED) is 0.768. The van der Waals surface area contributed by atoms with Crippen LogP contribution in [0, 0.1) is 11.3 Å². The van der Waals surface area contributed by atoms with E-state index in [0.29, 0.717) is 5.56 Å². The minimum atomic E-state index is -4.32. The zero-order valence-electron chi connectivity index (χ0n) is 12.5. The molecule has 0 saturated heterocycles. The maximum Gasteiger partial charge on any atom is 0.479 e. The van der Waals surface area contributed by atoms with Gasteiger partial charge in [0.15, 0.2) is 0 Å². The van der Waals surface area contributed by atoms with Gasteiger partial charge in [-0.1, -0.05) is 37.3 Å². The standard InChI is InChI=1S/C14H19F2O5P/c1-13(14(15,16)21-22(18,19-2)20-3)9-11(13)12(17)10-7-5-4-6-8-10/h4-8,11-12,17H,9H2,1-3H3/t11-,12+,13+/m1/s1. The maximum atomic E-state index is 14.3. The monoisotopic (exact) mass is 336 g/mol. The van der Waals surface area contributed by atoms with E-state index in [-0.39, 0.29) is 6.42 Å². The van der Waals surface area contributed by atoms with Crippen molar-refractivity contribution < 1.29 is 32.0 Å². The summed E-state index contributed by atoms with van der Waals surface area (Å²) in [7, 11) is -2.39. The van der Waals surface area contributed by atoms with Gasteiger partial charge in [0.1, 0.15) is 0 Å². The lowest BCUT2D eigenvalue weighted by Crippen LogP contribution is -2.33. The molecular formula is C14H19F2O5P. The first kappa shape index (κ1) is 17.5. The summed E-state index contributed by atoms with van der Waals surface area (Å²) in [5, 5.41) is 10.3. The fourth-order valence-corrected chi connectivity index (χ4v) is 3.26. The van der Waals surface area contributed by atoms with E-state index < -0.39 is 31.4 Å². The third kappa shape index (κ3) is 3.09. The van der Waals surface area contributed by atoms with E-state index in [1.807, 2.05) is 0 Å². The Labute approximate surface area is 127 Å². The minimum Gasteiger partial charge on any atom is -0.388 e. The van der Waals surface area contributed by atoms with Gasteiger partial charge < -0.3 is 5.11 Å². The Morgan fingerprint density at radius 3 is 2.36 bits per heavy atom. The molecule has 22 heavy (non-hydrogen) atoms. The largest absolute Gasteiger partial charge is 0.479 e. The number of phosphoric acid groups is 1. The summed E-state index contributed by atoms with van der Waals surface area (Å²) in [6.45, 7) is 1.28. The number of phosphoric ester groups is 1. The molecule has 0 radical (unpaired) electrons. The molecule has 5 nitrogen and oxygen atoms in total. The highest BCUT2D eigenvalue weighted by Crippen LogP contribution is 2.69. The Morgan fingerprint density at radius 2 is 1.86 bits per heavy atom. The van der Waals surface area contributed by atoms with E-state index in [1.165, 1.54) is 6.92 Å². The summed E-state index contributed by atoms with van der Waals surface area (Å²) < 4.78 is 53.5. The van der Waals surface area contributed by atoms with E-state index in [2.05, 4.69) is 13.6 Å². The van der Waals surface area contributed by atoms with Crippen molar-refractivity contribution >= 4 is 7.82 Å². The fourth-order valence-electron chi connectivity index (χ4n) is 2.47. The number of hydrogen-bond acceptors (Lipinski definition) is 5. The average molecular weight is 336 g/mol. The molecule has 0 heterocycles. The summed E-state index contributed by atoms with van der Waals surface area (Å²) in [4.78, 5) is 0. The van der Waals surface area contributed by atoms with Crippen molar-refractivity contribution in [3.8, 4) is 0 Å². The summed E-state index contributed by atoms with van der Waals surface area (Å²) in [6.07, 6.45) is -4.77. The molecule has 1 aromatic rings. The van der Waals surface area contributed by atoms with Gasteiger partial charge in [-0.15, -0.1) is 0 Å². The van der Waals surface area contributed by atoms with Crippen LogP contribution < -0.4 is 0 Å². The van der Waals surface area contributed by atoms with Crippen LogP contribution in [0.1, 0.15) is 25.0 Å². The normalized spacial score (nSPS) is 26.7. The Bertz CT molecular complexity index is 560. The first-order valence-electron chi connectivity index (χ1n) is 6.72. The summed E-state index contributed by atoms with van der Waals surface area (Å²) in [5.74, 6) is -0.716. The second kappa shape index (κ2) is 5.98. The number of benzene rings is 1. The molecule has 3 atom stereocenters. The average Bonchev–Trinajstić information content (AvgIpc) is 3.21. The summed E-state index contributed by atoms with van der Waals surface area (Å²) in [6, 6.07) is 8.54. The Kier molecular flexibility index (Phi) is 4.76. The third-order valence-corrected chi connectivity index (χ3v) is 5.51. The highest BCUT2D eigenvalue weighted by Gasteiger charge is 2.71. The highest BCUT2D eigenvalue weighted by atomic mass is 31.2. The smallest absolute Gasteiger partial charge is 0.388 e. The van der Waals surface area contributed by atoms with Gasteiger partial charge in [-0.3, -0.25) is 9.05 Å². The predicted molar refractivity (Wildman–Crippen MR) is 75.3 cm³/mol. The van der Waals surface area contributed by atoms with E-state index in [9.17, 15) is 18.5 Å². The molecule has 0 aliphatic heterocycles. The van der Waals surface area contributed by atoms with Crippen LogP contribution >= 0.6 is 7.82 Å². The molecule has 1 aliphatic carbocycles. The number of aliphatic hydroxyl groups excluding tert-OH is 1. The van der Waals surface area contributed by atoms with E-state index >= 15 is 0 Å². The van der Waals surface area contributed by atoms with Gasteiger partial charge in [0.2, 0.25) is 0 Å². The number of aliphatic hydroxyl groups is 1. The molecule has 1 aromatic carbocycles. The molecule has 1 fully saturated rings. The zero-order chi connectivity index (χ0) is 16.6. The first-order valence-corrected chi connectivity index (χ1v) is 8.18. The van der Waals surface area contributed by atoms with Crippen LogP contribution in [-0.4, -0.2) is 25.4 Å². The molecule has 2 rings (SSSR count). The van der Waals surface area contributed by atoms with Crippen molar-refractivity contribution in [2.45, 2.75) is 25.6 Å². The van der Waals surface area contributed by atoms with E-state index in [1.54, 1.807) is 30.3 Å². The van der Waals surface area contributed by atoms with Crippen molar-refractivity contribution in [2.75, 3.05) is 14.2 Å². The van der Waals surface area contributed by atoms with Crippen molar-refractivity contribution in [3.63, 3.8) is 0 Å². The first-order chi connectivity index (χ1) is 10.2. The van der Waals surface area contributed by atoms with Crippen molar-refractivity contribution in [1.29, 1.82) is 0 Å². The molecule has 0 amide bonds. The van der Waals surface area contributed by atoms with Crippen molar-refractivity contribution in [2.24, 2.45) is 11.3 Å². The summed E-state index contributed by atoms with van der Waals surface area (Å²) >= 11 is 0. The molecule has 0 bridgehead atoms. The SMILES string of the molecule is COP(=O)(OC)OC(F)(F)[C@@]1(C)C[C@@H]1[C@@H](O)c1ccccc1. The predicted octanol–water partition coefficient (Wildman–Crippen LogP) is 3.76. The number of alkyl halides is 2. The maximum absolute atomic E-state index is 14.3. The van der Waals surface area contributed by atoms with Crippen LogP contribution in [0.25, 0.3) is 0 Å². The molecular weight excluding hydrogens is 317 g/mol. The fraction of sp³-hybridized carbons (Fsp3) is 0.571. The molecule has 1 N–H and O–H groups in total. The van der Waals surface area contributed by atoms with Crippen LogP contribution in [-0.2, 0) is 18.1 Å². The summed E-state index contributed by atoms with van der Waals surface area (Å²) in [5.41, 5.74) is -1.09. The zero-order valence-corrected chi connectivity index (χ0v) is 13.4. The van der Waals surface area contributed by atoms with Gasteiger partial charge in [-0.2, -0.15) is 8.78 Å². The lowest BCUT2D eigenvalue weighted by Gasteiger charge is -2.27. The molecule has 0 spiro atoms. The van der Waals surface area contributed by atoms with Crippen LogP contribution in [0.5, 0.6) is 0 Å². The Balaban J connectivity index is 2.14.